The third-order valence-corrected chi connectivity index (χ3v) is 6.03. The Morgan fingerprint density at radius 2 is 1.69 bits per heavy atom. The maximum Gasteiger partial charge on any atom is 0.335 e. The summed E-state index contributed by atoms with van der Waals surface area (Å²) in [6, 6.07) is 16.8. The standard InChI is InChI=1S/C24H15Br2N3O6/c25-16-10-15(21(20(26)12-16)35-13-14-4-2-1-3-5-14)11-19-22(30)27-24(32)28(23(19)31)17-6-8-18(9-7-17)29(33)34/h1-12H,13H2,(H,27,30,32)/b19-11+. The van der Waals surface area contributed by atoms with Crippen LogP contribution in [0.5, 0.6) is 5.75 Å². The molecule has 0 aromatic heterocycles. The Hall–Kier alpha value is -3.83. The van der Waals surface area contributed by atoms with Crippen LogP contribution in [0, 0.1) is 10.1 Å². The van der Waals surface area contributed by atoms with Crippen molar-refractivity contribution in [1.29, 1.82) is 0 Å². The topological polar surface area (TPSA) is 119 Å². The summed E-state index contributed by atoms with van der Waals surface area (Å²) >= 11 is 6.85. The van der Waals surface area contributed by atoms with Crippen LogP contribution in [-0.2, 0) is 16.2 Å². The number of carbonyl (C=O) groups is 3. The lowest BCUT2D eigenvalue weighted by atomic mass is 10.1. The molecule has 1 fully saturated rings. The van der Waals surface area contributed by atoms with Crippen molar-refractivity contribution in [2.75, 3.05) is 4.90 Å². The summed E-state index contributed by atoms with van der Waals surface area (Å²) in [5.41, 5.74) is 0.899. The van der Waals surface area contributed by atoms with Crippen LogP contribution in [-0.4, -0.2) is 22.8 Å². The molecule has 0 atom stereocenters. The van der Waals surface area contributed by atoms with Gasteiger partial charge in [-0.25, -0.2) is 9.69 Å². The number of barbiturate groups is 1. The molecule has 0 bridgehead atoms. The number of amides is 4. The third kappa shape index (κ3) is 5.31. The molecule has 1 aliphatic rings. The highest BCUT2D eigenvalue weighted by atomic mass is 79.9. The number of nitro groups is 1. The molecule has 0 saturated carbocycles. The fraction of sp³-hybridized carbons (Fsp3) is 0.0417. The summed E-state index contributed by atoms with van der Waals surface area (Å²) < 4.78 is 7.24. The van der Waals surface area contributed by atoms with Gasteiger partial charge in [0, 0.05) is 22.2 Å². The summed E-state index contributed by atoms with van der Waals surface area (Å²) in [6.07, 6.45) is 1.33. The van der Waals surface area contributed by atoms with E-state index in [0.29, 0.717) is 20.3 Å². The molecule has 0 spiro atoms. The Kier molecular flexibility index (Phi) is 7.08. The number of hydrogen-bond donors (Lipinski definition) is 1. The van der Waals surface area contributed by atoms with Gasteiger partial charge in [-0.15, -0.1) is 0 Å². The smallest absolute Gasteiger partial charge is 0.335 e. The van der Waals surface area contributed by atoms with Crippen LogP contribution in [0.3, 0.4) is 0 Å². The minimum absolute atomic E-state index is 0.0764. The van der Waals surface area contributed by atoms with Gasteiger partial charge < -0.3 is 4.74 Å². The average molecular weight is 601 g/mol. The van der Waals surface area contributed by atoms with Gasteiger partial charge in [0.2, 0.25) is 0 Å². The zero-order valence-electron chi connectivity index (χ0n) is 17.7. The summed E-state index contributed by atoms with van der Waals surface area (Å²) in [6.45, 7) is 0.241. The molecule has 0 unspecified atom stereocenters. The second-order valence-electron chi connectivity index (χ2n) is 7.31. The van der Waals surface area contributed by atoms with Gasteiger partial charge in [-0.1, -0.05) is 46.3 Å². The number of carbonyl (C=O) groups excluding carboxylic acids is 3. The number of hydrogen-bond acceptors (Lipinski definition) is 6. The second-order valence-corrected chi connectivity index (χ2v) is 9.08. The van der Waals surface area contributed by atoms with E-state index in [1.807, 2.05) is 30.3 Å². The van der Waals surface area contributed by atoms with Crippen molar-refractivity contribution in [2.45, 2.75) is 6.61 Å². The van der Waals surface area contributed by atoms with Gasteiger partial charge in [0.15, 0.2) is 0 Å². The molecule has 4 amide bonds. The first-order valence-corrected chi connectivity index (χ1v) is 11.6. The zero-order chi connectivity index (χ0) is 25.1. The normalized spacial score (nSPS) is 14.7. The quantitative estimate of drug-likeness (QED) is 0.176. The van der Waals surface area contributed by atoms with Crippen LogP contribution < -0.4 is 15.0 Å². The monoisotopic (exact) mass is 599 g/mol. The first-order valence-electron chi connectivity index (χ1n) is 10.1. The lowest BCUT2D eigenvalue weighted by Gasteiger charge is -2.26. The van der Waals surface area contributed by atoms with Gasteiger partial charge in [0.05, 0.1) is 15.1 Å². The molecular weight excluding hydrogens is 586 g/mol. The highest BCUT2D eigenvalue weighted by Crippen LogP contribution is 2.35. The molecule has 176 valence electrons. The number of nitro benzene ring substituents is 1. The second kappa shape index (κ2) is 10.2. The Bertz CT molecular complexity index is 1370. The van der Waals surface area contributed by atoms with Crippen molar-refractivity contribution < 1.29 is 24.0 Å². The molecule has 3 aromatic rings. The molecule has 1 heterocycles. The fourth-order valence-electron chi connectivity index (χ4n) is 3.34. The Balaban J connectivity index is 1.70. The fourth-order valence-corrected chi connectivity index (χ4v) is 4.71. The van der Waals surface area contributed by atoms with E-state index >= 15 is 0 Å². The maximum atomic E-state index is 13.2. The van der Waals surface area contributed by atoms with Crippen molar-refractivity contribution in [3.63, 3.8) is 0 Å². The number of non-ortho nitro benzene ring substituents is 1. The minimum atomic E-state index is -0.957. The SMILES string of the molecule is O=C1NC(=O)N(c2ccc([N+](=O)[O-])cc2)C(=O)/C1=C/c1cc(Br)cc(Br)c1OCc1ccccc1. The van der Waals surface area contributed by atoms with Gasteiger partial charge in [0.1, 0.15) is 17.9 Å². The van der Waals surface area contributed by atoms with E-state index in [1.54, 1.807) is 12.1 Å². The van der Waals surface area contributed by atoms with Gasteiger partial charge in [-0.3, -0.25) is 25.0 Å². The van der Waals surface area contributed by atoms with Crippen LogP contribution in [0.4, 0.5) is 16.2 Å². The summed E-state index contributed by atoms with van der Waals surface area (Å²) in [4.78, 5) is 49.3. The van der Waals surface area contributed by atoms with E-state index in [1.165, 1.54) is 18.2 Å². The molecule has 11 heteroatoms. The molecule has 4 rings (SSSR count). The lowest BCUT2D eigenvalue weighted by molar-refractivity contribution is -0.384. The van der Waals surface area contributed by atoms with E-state index < -0.39 is 22.8 Å². The van der Waals surface area contributed by atoms with Crippen molar-refractivity contribution in [2.24, 2.45) is 0 Å². The molecule has 1 aliphatic heterocycles. The minimum Gasteiger partial charge on any atom is -0.487 e. The average Bonchev–Trinajstić information content (AvgIpc) is 2.82. The molecule has 9 nitrogen and oxygen atoms in total. The number of anilines is 1. The first-order chi connectivity index (χ1) is 16.7. The van der Waals surface area contributed by atoms with Gasteiger partial charge in [-0.2, -0.15) is 0 Å². The highest BCUT2D eigenvalue weighted by Gasteiger charge is 2.37. The molecule has 1 N–H and O–H groups in total. The van der Waals surface area contributed by atoms with Crippen molar-refractivity contribution in [3.8, 4) is 5.75 Å². The summed E-state index contributed by atoms with van der Waals surface area (Å²) in [7, 11) is 0. The first kappa shape index (κ1) is 24.3. The number of halogens is 2. The third-order valence-electron chi connectivity index (χ3n) is 4.98. The van der Waals surface area contributed by atoms with E-state index in [2.05, 4.69) is 37.2 Å². The Labute approximate surface area is 215 Å². The van der Waals surface area contributed by atoms with Crippen LogP contribution in [0.25, 0.3) is 6.08 Å². The Morgan fingerprint density at radius 1 is 1.00 bits per heavy atom. The van der Waals surface area contributed by atoms with Gasteiger partial charge in [0.25, 0.3) is 17.5 Å². The largest absolute Gasteiger partial charge is 0.487 e. The molecular formula is C24H15Br2N3O6. The van der Waals surface area contributed by atoms with E-state index in [4.69, 9.17) is 4.74 Å². The molecule has 0 radical (unpaired) electrons. The number of ether oxygens (including phenoxy) is 1. The van der Waals surface area contributed by atoms with Gasteiger partial charge in [-0.05, 0) is 51.8 Å². The number of imide groups is 2. The van der Waals surface area contributed by atoms with Gasteiger partial charge >= 0.3 is 6.03 Å². The van der Waals surface area contributed by atoms with E-state index in [0.717, 1.165) is 22.6 Å². The number of urea groups is 1. The van der Waals surface area contributed by atoms with Crippen molar-refractivity contribution in [3.05, 3.63) is 102 Å². The van der Waals surface area contributed by atoms with Crippen LogP contribution in [0.2, 0.25) is 0 Å². The van der Waals surface area contributed by atoms with Crippen molar-refractivity contribution >= 4 is 67.2 Å². The van der Waals surface area contributed by atoms with Crippen LogP contribution in [0.15, 0.2) is 81.2 Å². The van der Waals surface area contributed by atoms with Crippen molar-refractivity contribution in [1.82, 2.24) is 5.32 Å². The lowest BCUT2D eigenvalue weighted by Crippen LogP contribution is -2.54. The maximum absolute atomic E-state index is 13.2. The zero-order valence-corrected chi connectivity index (χ0v) is 20.9. The number of benzene rings is 3. The predicted octanol–water partition coefficient (Wildman–Crippen LogP) is 5.37. The van der Waals surface area contributed by atoms with E-state index in [-0.39, 0.29) is 23.6 Å². The Morgan fingerprint density at radius 3 is 2.34 bits per heavy atom. The number of nitrogens with zero attached hydrogens (tertiary/aromatic N) is 2. The highest BCUT2D eigenvalue weighted by molar-refractivity contribution is 9.11. The van der Waals surface area contributed by atoms with E-state index in [9.17, 15) is 24.5 Å². The summed E-state index contributed by atoms with van der Waals surface area (Å²) in [5.74, 6) is -1.36. The molecule has 0 aliphatic carbocycles. The van der Waals surface area contributed by atoms with Crippen LogP contribution in [0.1, 0.15) is 11.1 Å². The molecule has 35 heavy (non-hydrogen) atoms. The predicted molar refractivity (Wildman–Crippen MR) is 135 cm³/mol. The summed E-state index contributed by atoms with van der Waals surface area (Å²) in [5, 5.41) is 13.1. The molecule has 1 saturated heterocycles. The molecule has 3 aromatic carbocycles. The number of nitrogens with one attached hydrogen (secondary N) is 1. The number of rotatable bonds is 6. The van der Waals surface area contributed by atoms with Crippen LogP contribution >= 0.6 is 31.9 Å².